The highest BCUT2D eigenvalue weighted by Gasteiger charge is 2.29. The predicted octanol–water partition coefficient (Wildman–Crippen LogP) is 2.98. The molecule has 0 saturated carbocycles. The van der Waals surface area contributed by atoms with Crippen LogP contribution in [0.4, 0.5) is 21.7 Å². The zero-order chi connectivity index (χ0) is 21.4. The van der Waals surface area contributed by atoms with Gasteiger partial charge in [0.15, 0.2) is 0 Å². The molecule has 2 fully saturated rings. The molecule has 0 aliphatic carbocycles. The van der Waals surface area contributed by atoms with Gasteiger partial charge in [0.05, 0.1) is 26.3 Å². The van der Waals surface area contributed by atoms with Crippen molar-refractivity contribution in [2.24, 2.45) is 0 Å². The lowest BCUT2D eigenvalue weighted by Gasteiger charge is -2.43. The summed E-state index contributed by atoms with van der Waals surface area (Å²) < 4.78 is 28.7. The molecule has 0 atom stereocenters. The molecular weight excluding hydrogens is 383 g/mol. The first-order valence-corrected chi connectivity index (χ1v) is 10.1. The van der Waals surface area contributed by atoms with E-state index in [4.69, 9.17) is 6.11 Å². The van der Waals surface area contributed by atoms with Crippen molar-refractivity contribution >= 4 is 17.3 Å². The number of ether oxygens (including phenoxy) is 1. The number of aryl methyl sites for hydroxylation is 1. The highest BCUT2D eigenvalue weighted by molar-refractivity contribution is 5.64. The van der Waals surface area contributed by atoms with E-state index in [1.807, 2.05) is 6.07 Å². The minimum Gasteiger partial charge on any atom is -0.378 e. The molecule has 0 amide bonds. The van der Waals surface area contributed by atoms with Gasteiger partial charge in [0.2, 0.25) is 5.95 Å². The normalized spacial score (nSPS) is 19.3. The van der Waals surface area contributed by atoms with Gasteiger partial charge < -0.3 is 15.0 Å². The molecule has 0 radical (unpaired) electrons. The van der Waals surface area contributed by atoms with Crippen LogP contribution in [0.2, 0.25) is 0 Å². The van der Waals surface area contributed by atoms with Crippen molar-refractivity contribution < 1.29 is 10.5 Å². The van der Waals surface area contributed by atoms with Gasteiger partial charge in [-0.3, -0.25) is 4.90 Å². The molecule has 1 aromatic heterocycles. The van der Waals surface area contributed by atoms with E-state index in [-0.39, 0.29) is 5.82 Å². The number of aromatic nitrogens is 3. The highest BCUT2D eigenvalue weighted by Crippen LogP contribution is 2.26. The first-order chi connectivity index (χ1) is 15.0. The van der Waals surface area contributed by atoms with Gasteiger partial charge in [0, 0.05) is 37.6 Å². The summed E-state index contributed by atoms with van der Waals surface area (Å²) in [5.74, 6) is 0.138. The minimum absolute atomic E-state index is 0.313. The zero-order valence-corrected chi connectivity index (χ0v) is 16.9. The van der Waals surface area contributed by atoms with E-state index in [1.54, 1.807) is 23.1 Å². The summed E-state index contributed by atoms with van der Waals surface area (Å²) in [6.07, 6.45) is 1.56. The standard InChI is InChI=1S/C22H25FN6O/c1-16-9-18(25-22-24-15-29(26-22)19-4-2-3-17(23)11-19)12-20(10-16)27-5-7-28(8-6-27)21-13-30-14-21/h2-4,9-12,15,21H,5-8,13-14H2,1H3,(H,25,26)/i21D. The maximum absolute atomic E-state index is 13.5. The molecule has 0 unspecified atom stereocenters. The van der Waals surface area contributed by atoms with Crippen molar-refractivity contribution in [3.63, 3.8) is 0 Å². The first kappa shape index (κ1) is 17.9. The number of hydrogen-bond donors (Lipinski definition) is 1. The van der Waals surface area contributed by atoms with E-state index in [9.17, 15) is 4.39 Å². The van der Waals surface area contributed by atoms with E-state index in [0.29, 0.717) is 24.8 Å². The molecule has 2 aromatic carbocycles. The summed E-state index contributed by atoms with van der Waals surface area (Å²) in [5.41, 5.74) is 3.79. The van der Waals surface area contributed by atoms with Crippen LogP contribution in [-0.4, -0.2) is 65.1 Å². The van der Waals surface area contributed by atoms with E-state index in [0.717, 1.165) is 43.1 Å². The van der Waals surface area contributed by atoms with Gasteiger partial charge >= 0.3 is 0 Å². The lowest BCUT2D eigenvalue weighted by Crippen LogP contribution is -2.56. The Morgan fingerprint density at radius 2 is 1.93 bits per heavy atom. The van der Waals surface area contributed by atoms with Crippen molar-refractivity contribution in [1.82, 2.24) is 19.7 Å². The average Bonchev–Trinajstić information content (AvgIpc) is 3.20. The lowest BCUT2D eigenvalue weighted by molar-refractivity contribution is -0.0660. The molecule has 3 heterocycles. The second-order valence-electron chi connectivity index (χ2n) is 7.71. The van der Waals surface area contributed by atoms with Crippen LogP contribution in [0.5, 0.6) is 0 Å². The Hall–Kier alpha value is -2.97. The van der Waals surface area contributed by atoms with E-state index < -0.39 is 6.02 Å². The number of halogens is 1. The molecule has 0 bridgehead atoms. The lowest BCUT2D eigenvalue weighted by atomic mass is 10.1. The SMILES string of the molecule is [2H]C1(N2CCN(c3cc(C)cc(Nc4ncn(-c5cccc(F)c5)n4)c3)CC2)COC1. The Balaban J connectivity index is 1.28. The minimum atomic E-state index is -0.544. The van der Waals surface area contributed by atoms with Gasteiger partial charge in [-0.15, -0.1) is 5.10 Å². The number of nitrogens with zero attached hydrogens (tertiary/aromatic N) is 5. The van der Waals surface area contributed by atoms with Crippen molar-refractivity contribution in [3.8, 4) is 5.69 Å². The number of rotatable bonds is 5. The summed E-state index contributed by atoms with van der Waals surface area (Å²) in [6.45, 7) is 6.51. The maximum Gasteiger partial charge on any atom is 0.246 e. The van der Waals surface area contributed by atoms with Crippen LogP contribution in [0.3, 0.4) is 0 Å². The summed E-state index contributed by atoms with van der Waals surface area (Å²) in [5, 5.41) is 7.68. The summed E-state index contributed by atoms with van der Waals surface area (Å²) in [6, 6.07) is 12.0. The smallest absolute Gasteiger partial charge is 0.246 e. The quantitative estimate of drug-likeness (QED) is 0.699. The third-order valence-corrected chi connectivity index (χ3v) is 5.51. The summed E-state index contributed by atoms with van der Waals surface area (Å²) in [4.78, 5) is 8.86. The fourth-order valence-electron chi connectivity index (χ4n) is 3.87. The van der Waals surface area contributed by atoms with Crippen molar-refractivity contribution in [2.75, 3.05) is 49.6 Å². The molecule has 2 saturated heterocycles. The Morgan fingerprint density at radius 1 is 1.10 bits per heavy atom. The third kappa shape index (κ3) is 4.01. The van der Waals surface area contributed by atoms with Crippen LogP contribution >= 0.6 is 0 Å². The molecule has 7 nitrogen and oxygen atoms in total. The zero-order valence-electron chi connectivity index (χ0n) is 17.9. The highest BCUT2D eigenvalue weighted by atomic mass is 19.1. The second-order valence-corrected chi connectivity index (χ2v) is 7.71. The number of anilines is 3. The topological polar surface area (TPSA) is 58.5 Å². The fourth-order valence-corrected chi connectivity index (χ4v) is 3.87. The third-order valence-electron chi connectivity index (χ3n) is 5.51. The molecular formula is C22H25FN6O. The first-order valence-electron chi connectivity index (χ1n) is 10.6. The van der Waals surface area contributed by atoms with Gasteiger partial charge in [0.1, 0.15) is 12.1 Å². The van der Waals surface area contributed by atoms with Gasteiger partial charge in [-0.2, -0.15) is 4.98 Å². The van der Waals surface area contributed by atoms with Crippen molar-refractivity contribution in [1.29, 1.82) is 0 Å². The molecule has 2 aliphatic rings. The van der Waals surface area contributed by atoms with Crippen molar-refractivity contribution in [3.05, 3.63) is 60.2 Å². The van der Waals surface area contributed by atoms with E-state index in [2.05, 4.69) is 44.3 Å². The summed E-state index contributed by atoms with van der Waals surface area (Å²) in [7, 11) is 0. The number of piperazine rings is 1. The average molecular weight is 409 g/mol. The summed E-state index contributed by atoms with van der Waals surface area (Å²) >= 11 is 0. The van der Waals surface area contributed by atoms with Crippen LogP contribution in [0.15, 0.2) is 48.8 Å². The van der Waals surface area contributed by atoms with E-state index in [1.165, 1.54) is 12.1 Å². The van der Waals surface area contributed by atoms with Crippen LogP contribution in [0.25, 0.3) is 5.69 Å². The Labute approximate surface area is 176 Å². The molecule has 8 heteroatoms. The molecule has 0 spiro atoms. The fraction of sp³-hybridized carbons (Fsp3) is 0.364. The molecule has 2 aliphatic heterocycles. The predicted molar refractivity (Wildman–Crippen MR) is 114 cm³/mol. The van der Waals surface area contributed by atoms with Crippen molar-refractivity contribution in [2.45, 2.75) is 12.9 Å². The van der Waals surface area contributed by atoms with Gasteiger partial charge in [0.25, 0.3) is 0 Å². The van der Waals surface area contributed by atoms with Crippen LogP contribution in [0, 0.1) is 12.7 Å². The number of nitrogens with one attached hydrogen (secondary N) is 1. The Bertz CT molecular complexity index is 1080. The van der Waals surface area contributed by atoms with Crippen LogP contribution < -0.4 is 10.2 Å². The van der Waals surface area contributed by atoms with E-state index >= 15 is 0 Å². The van der Waals surface area contributed by atoms with Gasteiger partial charge in [-0.1, -0.05) is 6.07 Å². The molecule has 5 rings (SSSR count). The Morgan fingerprint density at radius 3 is 2.67 bits per heavy atom. The molecule has 156 valence electrons. The Kier molecular flexibility index (Phi) is 4.79. The van der Waals surface area contributed by atoms with Gasteiger partial charge in [-0.25, -0.2) is 9.07 Å². The maximum atomic E-state index is 13.5. The molecule has 30 heavy (non-hydrogen) atoms. The molecule has 3 aromatic rings. The molecule has 1 N–H and O–H groups in total. The monoisotopic (exact) mass is 409 g/mol. The second kappa shape index (κ2) is 8.04. The van der Waals surface area contributed by atoms with Crippen LogP contribution in [0.1, 0.15) is 6.93 Å². The number of hydrogen-bond acceptors (Lipinski definition) is 6. The number of benzene rings is 2. The van der Waals surface area contributed by atoms with Gasteiger partial charge in [-0.05, 0) is 48.9 Å². The largest absolute Gasteiger partial charge is 0.378 e. The van der Waals surface area contributed by atoms with Crippen LogP contribution in [-0.2, 0) is 4.74 Å².